The van der Waals surface area contributed by atoms with Crippen LogP contribution in [0.15, 0.2) is 85.1 Å². The third kappa shape index (κ3) is 63.4. The van der Waals surface area contributed by atoms with Crippen molar-refractivity contribution in [1.82, 2.24) is 0 Å². The smallest absolute Gasteiger partial charge is 0.310 e. The number of carbonyl (C=O) groups excluding carboxylic acids is 3. The number of allylic oxidation sites excluding steroid dienone is 13. The van der Waals surface area contributed by atoms with E-state index in [1.54, 1.807) is 6.08 Å². The number of ether oxygens (including phenoxy) is 3. The average molecular weight is 1090 g/mol. The Bertz CT molecular complexity index is 1480. The number of rotatable bonds is 61. The molecule has 0 fully saturated rings. The van der Waals surface area contributed by atoms with Gasteiger partial charge in [0.2, 0.25) is 0 Å². The minimum absolute atomic E-state index is 0.0947. The van der Waals surface area contributed by atoms with Crippen LogP contribution >= 0.6 is 0 Å². The average Bonchev–Trinajstić information content (AvgIpc) is 3.44. The molecule has 1 unspecified atom stereocenters. The molecule has 0 bridgehead atoms. The Morgan fingerprint density at radius 3 is 0.897 bits per heavy atom. The standard InChI is InChI=1S/C72H126O6/c1-4-7-10-13-16-19-22-25-27-28-29-30-31-32-33-34-35-36-37-38-39-40-41-42-43-45-47-50-53-56-59-62-65-71(74)77-68-69(67-76-70(73)64-61-58-55-52-49-46-24-21-18-15-12-9-6-3)78-72(75)66-63-60-57-54-51-48-44-26-23-20-17-14-11-8-5-2/h8,11-12,15,17,20-21,24,26,44,51,54,60,63,69H,4-7,9-10,13-14,16,18-19,22-23,25,27-43,45-50,52-53,55-59,61-62,64-68H2,1-3H3/b11-8-,15-12-,20-17-,24-21-,44-26-,54-51-,63-60-. The summed E-state index contributed by atoms with van der Waals surface area (Å²) in [6.07, 6.45) is 88.0. The molecule has 0 saturated carbocycles. The molecule has 0 aliphatic carbocycles. The number of esters is 3. The molecule has 0 amide bonds. The quantitative estimate of drug-likeness (QED) is 0.0261. The largest absolute Gasteiger partial charge is 0.462 e. The lowest BCUT2D eigenvalue weighted by molar-refractivity contribution is -0.166. The maximum absolute atomic E-state index is 12.8. The molecule has 0 aliphatic heterocycles. The molecule has 6 nitrogen and oxygen atoms in total. The lowest BCUT2D eigenvalue weighted by Gasteiger charge is -2.18. The van der Waals surface area contributed by atoms with Crippen molar-refractivity contribution in [1.29, 1.82) is 0 Å². The normalized spacial score (nSPS) is 12.6. The summed E-state index contributed by atoms with van der Waals surface area (Å²) in [5.41, 5.74) is 0. The molecule has 0 aromatic rings. The highest BCUT2D eigenvalue weighted by atomic mass is 16.6. The molecule has 0 saturated heterocycles. The van der Waals surface area contributed by atoms with Crippen LogP contribution in [0.5, 0.6) is 0 Å². The van der Waals surface area contributed by atoms with Crippen molar-refractivity contribution in [2.45, 2.75) is 341 Å². The van der Waals surface area contributed by atoms with Gasteiger partial charge in [-0.2, -0.15) is 0 Å². The van der Waals surface area contributed by atoms with Crippen molar-refractivity contribution in [3.05, 3.63) is 85.1 Å². The van der Waals surface area contributed by atoms with E-state index in [9.17, 15) is 14.4 Å². The first-order chi connectivity index (χ1) is 38.5. The van der Waals surface area contributed by atoms with Crippen LogP contribution in [0.1, 0.15) is 335 Å². The van der Waals surface area contributed by atoms with E-state index in [0.717, 1.165) is 103 Å². The molecule has 450 valence electrons. The lowest BCUT2D eigenvalue weighted by atomic mass is 10.0. The van der Waals surface area contributed by atoms with Gasteiger partial charge >= 0.3 is 17.9 Å². The van der Waals surface area contributed by atoms with Crippen LogP contribution in [0.3, 0.4) is 0 Å². The molecule has 0 radical (unpaired) electrons. The van der Waals surface area contributed by atoms with E-state index in [-0.39, 0.29) is 31.6 Å². The number of unbranched alkanes of at least 4 members (excludes halogenated alkanes) is 37. The summed E-state index contributed by atoms with van der Waals surface area (Å²) in [6, 6.07) is 0. The van der Waals surface area contributed by atoms with Gasteiger partial charge < -0.3 is 14.2 Å². The lowest BCUT2D eigenvalue weighted by Crippen LogP contribution is -2.30. The summed E-state index contributed by atoms with van der Waals surface area (Å²) < 4.78 is 16.8. The van der Waals surface area contributed by atoms with E-state index in [1.807, 2.05) is 6.08 Å². The van der Waals surface area contributed by atoms with Crippen LogP contribution in [0.25, 0.3) is 0 Å². The second-order valence-corrected chi connectivity index (χ2v) is 22.4. The van der Waals surface area contributed by atoms with Gasteiger partial charge in [0.1, 0.15) is 13.2 Å². The predicted octanol–water partition coefficient (Wildman–Crippen LogP) is 23.1. The summed E-state index contributed by atoms with van der Waals surface area (Å²) in [5, 5.41) is 0. The number of carbonyl (C=O) groups is 3. The van der Waals surface area contributed by atoms with Gasteiger partial charge in [0.25, 0.3) is 0 Å². The van der Waals surface area contributed by atoms with Crippen LogP contribution < -0.4 is 0 Å². The summed E-state index contributed by atoms with van der Waals surface area (Å²) >= 11 is 0. The number of hydrogen-bond donors (Lipinski definition) is 0. The molecule has 0 aromatic carbocycles. The maximum Gasteiger partial charge on any atom is 0.310 e. The Labute approximate surface area is 484 Å². The minimum atomic E-state index is -0.837. The highest BCUT2D eigenvalue weighted by Gasteiger charge is 2.19. The Hall–Kier alpha value is -3.41. The zero-order valence-corrected chi connectivity index (χ0v) is 51.7. The van der Waals surface area contributed by atoms with Gasteiger partial charge in [0, 0.05) is 12.8 Å². The highest BCUT2D eigenvalue weighted by Crippen LogP contribution is 2.18. The monoisotopic (exact) mass is 1090 g/mol. The fourth-order valence-corrected chi connectivity index (χ4v) is 9.68. The topological polar surface area (TPSA) is 78.9 Å². The van der Waals surface area contributed by atoms with Crippen molar-refractivity contribution < 1.29 is 28.6 Å². The molecule has 0 aliphatic rings. The number of hydrogen-bond acceptors (Lipinski definition) is 6. The fraction of sp³-hybridized carbons (Fsp3) is 0.764. The maximum atomic E-state index is 12.8. The van der Waals surface area contributed by atoms with Gasteiger partial charge in [-0.3, -0.25) is 14.4 Å². The Morgan fingerprint density at radius 2 is 0.564 bits per heavy atom. The SMILES string of the molecule is CC/C=C\C/C=C\C/C=C\C/C=C\C/C=C\CC(=O)OC(COC(=O)CCCCCCC/C=C\C/C=C\CCC)COC(=O)CCCCCCCCCCCCCCCCCCCCCCCCCCCCCCCCCC. The second-order valence-electron chi connectivity index (χ2n) is 22.4. The second kappa shape index (κ2) is 66.1. The molecule has 6 heteroatoms. The molecule has 0 rings (SSSR count). The Kier molecular flexibility index (Phi) is 63.2. The summed E-state index contributed by atoms with van der Waals surface area (Å²) in [6.45, 7) is 6.40. The van der Waals surface area contributed by atoms with Crippen LogP contribution in [0.2, 0.25) is 0 Å². The van der Waals surface area contributed by atoms with Crippen molar-refractivity contribution in [3.8, 4) is 0 Å². The van der Waals surface area contributed by atoms with Gasteiger partial charge in [0.05, 0.1) is 6.42 Å². The Morgan fingerprint density at radius 1 is 0.282 bits per heavy atom. The molecule has 78 heavy (non-hydrogen) atoms. The van der Waals surface area contributed by atoms with Crippen molar-refractivity contribution in [2.75, 3.05) is 13.2 Å². The van der Waals surface area contributed by atoms with E-state index in [2.05, 4.69) is 93.7 Å². The van der Waals surface area contributed by atoms with Gasteiger partial charge in [0.15, 0.2) is 6.10 Å². The molecule has 0 N–H and O–H groups in total. The van der Waals surface area contributed by atoms with E-state index in [1.165, 1.54) is 193 Å². The molecule has 0 aromatic heterocycles. The summed E-state index contributed by atoms with van der Waals surface area (Å²) in [4.78, 5) is 38.2. The van der Waals surface area contributed by atoms with E-state index < -0.39 is 12.1 Å². The fourth-order valence-electron chi connectivity index (χ4n) is 9.68. The van der Waals surface area contributed by atoms with Gasteiger partial charge in [-0.1, -0.05) is 331 Å². The van der Waals surface area contributed by atoms with Crippen LogP contribution in [0, 0.1) is 0 Å². The molecule has 0 spiro atoms. The third-order valence-electron chi connectivity index (χ3n) is 14.6. The minimum Gasteiger partial charge on any atom is -0.462 e. The van der Waals surface area contributed by atoms with Gasteiger partial charge in [-0.15, -0.1) is 0 Å². The van der Waals surface area contributed by atoms with E-state index in [0.29, 0.717) is 12.8 Å². The van der Waals surface area contributed by atoms with Crippen molar-refractivity contribution >= 4 is 17.9 Å². The molecule has 1 atom stereocenters. The highest BCUT2D eigenvalue weighted by molar-refractivity contribution is 5.72. The molecule has 0 heterocycles. The summed E-state index contributed by atoms with van der Waals surface area (Å²) in [7, 11) is 0. The first-order valence-electron chi connectivity index (χ1n) is 33.6. The zero-order valence-electron chi connectivity index (χ0n) is 51.7. The first-order valence-corrected chi connectivity index (χ1v) is 33.6. The predicted molar refractivity (Wildman–Crippen MR) is 339 cm³/mol. The van der Waals surface area contributed by atoms with Crippen LogP contribution in [-0.2, 0) is 28.6 Å². The molecular formula is C72H126O6. The van der Waals surface area contributed by atoms with Crippen LogP contribution in [0.4, 0.5) is 0 Å². The van der Waals surface area contributed by atoms with E-state index in [4.69, 9.17) is 14.2 Å². The zero-order chi connectivity index (χ0) is 56.4. The third-order valence-corrected chi connectivity index (χ3v) is 14.6. The van der Waals surface area contributed by atoms with E-state index >= 15 is 0 Å². The van der Waals surface area contributed by atoms with Gasteiger partial charge in [-0.05, 0) is 70.6 Å². The Balaban J connectivity index is 4.17. The van der Waals surface area contributed by atoms with Crippen LogP contribution in [-0.4, -0.2) is 37.2 Å². The first kappa shape index (κ1) is 74.6. The van der Waals surface area contributed by atoms with Gasteiger partial charge in [-0.25, -0.2) is 0 Å². The van der Waals surface area contributed by atoms with Crippen molar-refractivity contribution in [3.63, 3.8) is 0 Å². The molecular weight excluding hydrogens is 961 g/mol. The van der Waals surface area contributed by atoms with Crippen molar-refractivity contribution in [2.24, 2.45) is 0 Å². The summed E-state index contributed by atoms with van der Waals surface area (Å²) in [5.74, 6) is -1.05.